The van der Waals surface area contributed by atoms with E-state index in [2.05, 4.69) is 29.8 Å². The lowest BCUT2D eigenvalue weighted by Crippen LogP contribution is -1.98. The minimum absolute atomic E-state index is 0. The van der Waals surface area contributed by atoms with Gasteiger partial charge >= 0.3 is 0 Å². The van der Waals surface area contributed by atoms with Gasteiger partial charge in [-0.3, -0.25) is 0 Å². The molecule has 0 heterocycles. The molecule has 0 saturated heterocycles. The maximum atomic E-state index is 3.51. The average molecular weight is 211 g/mol. The summed E-state index contributed by atoms with van der Waals surface area (Å²) in [5, 5.41) is 1.18. The number of rotatable bonds is 5. The maximum absolute atomic E-state index is 3.51. The lowest BCUT2D eigenvalue weighted by molar-refractivity contribution is 0.502. The molecule has 1 unspecified atom stereocenters. The van der Waals surface area contributed by atoms with E-state index in [4.69, 9.17) is 0 Å². The molecule has 0 aromatic heterocycles. The summed E-state index contributed by atoms with van der Waals surface area (Å²) in [5.41, 5.74) is 0. The number of alkyl halides is 1. The molecule has 0 rings (SSSR count). The van der Waals surface area contributed by atoms with Crippen LogP contribution in [-0.2, 0) is 0 Å². The zero-order valence-electron chi connectivity index (χ0n) is 6.99. The first-order valence-electron chi connectivity index (χ1n) is 3.91. The molecule has 0 amide bonds. The summed E-state index contributed by atoms with van der Waals surface area (Å²) < 4.78 is 0. The number of unbranched alkanes of at least 4 members (excludes halogenated alkanes) is 1. The molecular weight excluding hydrogens is 192 g/mol. The Bertz CT molecular complexity index is 53.2. The van der Waals surface area contributed by atoms with Crippen molar-refractivity contribution in [3.8, 4) is 0 Å². The first-order valence-corrected chi connectivity index (χ1v) is 5.03. The van der Waals surface area contributed by atoms with Gasteiger partial charge in [-0.05, 0) is 12.3 Å². The van der Waals surface area contributed by atoms with Gasteiger partial charge < -0.3 is 5.48 Å². The van der Waals surface area contributed by atoms with Crippen LogP contribution < -0.4 is 0 Å². The van der Waals surface area contributed by atoms with Gasteiger partial charge in [-0.1, -0.05) is 49.0 Å². The lowest BCUT2D eigenvalue weighted by Gasteiger charge is -2.08. The Morgan fingerprint density at radius 3 is 2.20 bits per heavy atom. The molecule has 0 aliphatic rings. The van der Waals surface area contributed by atoms with E-state index < -0.39 is 0 Å². The van der Waals surface area contributed by atoms with Crippen molar-refractivity contribution in [3.63, 3.8) is 0 Å². The van der Waals surface area contributed by atoms with E-state index in [9.17, 15) is 0 Å². The Hall–Kier alpha value is 0.440. The molecule has 64 valence electrons. The van der Waals surface area contributed by atoms with Crippen LogP contribution in [0.5, 0.6) is 0 Å². The predicted octanol–water partition coefficient (Wildman–Crippen LogP) is 2.77. The summed E-state index contributed by atoms with van der Waals surface area (Å²) in [6.07, 6.45) is 5.46. The van der Waals surface area contributed by atoms with E-state index in [-0.39, 0.29) is 5.48 Å². The van der Waals surface area contributed by atoms with Gasteiger partial charge in [0.05, 0.1) is 0 Å². The standard InChI is InChI=1S/C8H17Br.H2O/c1-3-5-6-8(4-2)7-9;/h8H,3-7H2,1-2H3;1H2. The Kier molecular flexibility index (Phi) is 12.3. The molecule has 2 heteroatoms. The Labute approximate surface area is 72.6 Å². The van der Waals surface area contributed by atoms with Gasteiger partial charge in [-0.2, -0.15) is 0 Å². The maximum Gasteiger partial charge on any atom is 0.00595 e. The zero-order chi connectivity index (χ0) is 7.11. The summed E-state index contributed by atoms with van der Waals surface area (Å²) in [6.45, 7) is 4.52. The molecule has 0 radical (unpaired) electrons. The van der Waals surface area contributed by atoms with Crippen LogP contribution in [0.1, 0.15) is 39.5 Å². The van der Waals surface area contributed by atoms with Crippen LogP contribution in [0.25, 0.3) is 0 Å². The summed E-state index contributed by atoms with van der Waals surface area (Å²) in [6, 6.07) is 0. The van der Waals surface area contributed by atoms with Crippen LogP contribution >= 0.6 is 15.9 Å². The van der Waals surface area contributed by atoms with E-state index in [0.29, 0.717) is 0 Å². The topological polar surface area (TPSA) is 31.5 Å². The highest BCUT2D eigenvalue weighted by Crippen LogP contribution is 2.14. The number of hydrogen-bond acceptors (Lipinski definition) is 0. The summed E-state index contributed by atoms with van der Waals surface area (Å²) >= 11 is 3.51. The SMILES string of the molecule is CCCCC(CC)CBr.O. The molecule has 0 aliphatic carbocycles. The molecule has 0 aromatic carbocycles. The summed E-state index contributed by atoms with van der Waals surface area (Å²) in [7, 11) is 0. The molecule has 1 nitrogen and oxygen atoms in total. The van der Waals surface area contributed by atoms with Gasteiger partial charge in [0.1, 0.15) is 0 Å². The molecule has 0 saturated carbocycles. The fourth-order valence-electron chi connectivity index (χ4n) is 0.883. The van der Waals surface area contributed by atoms with Gasteiger partial charge in [0, 0.05) is 5.33 Å². The fourth-order valence-corrected chi connectivity index (χ4v) is 1.66. The van der Waals surface area contributed by atoms with Crippen LogP contribution in [-0.4, -0.2) is 10.8 Å². The third kappa shape index (κ3) is 6.56. The monoisotopic (exact) mass is 210 g/mol. The zero-order valence-corrected chi connectivity index (χ0v) is 8.58. The van der Waals surface area contributed by atoms with Gasteiger partial charge in [0.2, 0.25) is 0 Å². The summed E-state index contributed by atoms with van der Waals surface area (Å²) in [4.78, 5) is 0. The van der Waals surface area contributed by atoms with Crippen molar-refractivity contribution in [2.75, 3.05) is 5.33 Å². The average Bonchev–Trinajstić information content (AvgIpc) is 1.91. The molecule has 0 bridgehead atoms. The molecule has 2 N–H and O–H groups in total. The second-order valence-corrected chi connectivity index (χ2v) is 3.22. The van der Waals surface area contributed by atoms with Crippen LogP contribution in [0.4, 0.5) is 0 Å². The fraction of sp³-hybridized carbons (Fsp3) is 1.00. The largest absolute Gasteiger partial charge is 0.412 e. The minimum Gasteiger partial charge on any atom is -0.412 e. The summed E-state index contributed by atoms with van der Waals surface area (Å²) in [5.74, 6) is 0.921. The first kappa shape index (κ1) is 13.1. The predicted molar refractivity (Wildman–Crippen MR) is 50.7 cm³/mol. The minimum atomic E-state index is 0. The second-order valence-electron chi connectivity index (χ2n) is 2.57. The van der Waals surface area contributed by atoms with Gasteiger partial charge in [0.25, 0.3) is 0 Å². The lowest BCUT2D eigenvalue weighted by atomic mass is 10.0. The quantitative estimate of drug-likeness (QED) is 0.626. The van der Waals surface area contributed by atoms with Crippen LogP contribution in [0.2, 0.25) is 0 Å². The highest BCUT2D eigenvalue weighted by Gasteiger charge is 2.01. The van der Waals surface area contributed by atoms with Crippen molar-refractivity contribution < 1.29 is 5.48 Å². The van der Waals surface area contributed by atoms with E-state index in [0.717, 1.165) is 5.92 Å². The second kappa shape index (κ2) is 9.44. The Morgan fingerprint density at radius 2 is 1.90 bits per heavy atom. The number of hydrogen-bond donors (Lipinski definition) is 0. The first-order chi connectivity index (χ1) is 4.35. The van der Waals surface area contributed by atoms with Gasteiger partial charge in [-0.25, -0.2) is 0 Å². The van der Waals surface area contributed by atoms with Crippen LogP contribution in [0.15, 0.2) is 0 Å². The molecule has 0 fully saturated rings. The normalized spacial score (nSPS) is 12.3. The van der Waals surface area contributed by atoms with Crippen molar-refractivity contribution in [1.82, 2.24) is 0 Å². The van der Waals surface area contributed by atoms with Crippen molar-refractivity contribution in [1.29, 1.82) is 0 Å². The molecule has 0 spiro atoms. The van der Waals surface area contributed by atoms with Crippen molar-refractivity contribution in [2.24, 2.45) is 5.92 Å². The van der Waals surface area contributed by atoms with Crippen molar-refractivity contribution >= 4 is 15.9 Å². The molecule has 0 aromatic rings. The van der Waals surface area contributed by atoms with E-state index in [1.54, 1.807) is 0 Å². The Balaban J connectivity index is 0. The van der Waals surface area contributed by atoms with Crippen molar-refractivity contribution in [2.45, 2.75) is 39.5 Å². The van der Waals surface area contributed by atoms with Crippen molar-refractivity contribution in [3.05, 3.63) is 0 Å². The van der Waals surface area contributed by atoms with E-state index in [1.165, 1.54) is 31.0 Å². The smallest absolute Gasteiger partial charge is 0.00595 e. The van der Waals surface area contributed by atoms with Crippen LogP contribution in [0, 0.1) is 5.92 Å². The Morgan fingerprint density at radius 1 is 1.30 bits per heavy atom. The third-order valence-corrected chi connectivity index (χ3v) is 2.68. The molecular formula is C8H19BrO. The molecule has 10 heavy (non-hydrogen) atoms. The molecule has 0 aliphatic heterocycles. The highest BCUT2D eigenvalue weighted by molar-refractivity contribution is 9.09. The molecule has 1 atom stereocenters. The van der Waals surface area contributed by atoms with E-state index >= 15 is 0 Å². The van der Waals surface area contributed by atoms with Gasteiger partial charge in [-0.15, -0.1) is 0 Å². The van der Waals surface area contributed by atoms with Crippen LogP contribution in [0.3, 0.4) is 0 Å². The third-order valence-electron chi connectivity index (χ3n) is 1.76. The number of halogens is 1. The van der Waals surface area contributed by atoms with Gasteiger partial charge in [0.15, 0.2) is 0 Å². The van der Waals surface area contributed by atoms with E-state index in [1.807, 2.05) is 0 Å². The highest BCUT2D eigenvalue weighted by atomic mass is 79.9.